The quantitative estimate of drug-likeness (QED) is 0.903. The van der Waals surface area contributed by atoms with E-state index in [1.165, 1.54) is 4.90 Å². The Hall–Kier alpha value is -0.840. The van der Waals surface area contributed by atoms with Crippen molar-refractivity contribution in [3.8, 4) is 0 Å². The highest BCUT2D eigenvalue weighted by Gasteiger charge is 2.06. The summed E-state index contributed by atoms with van der Waals surface area (Å²) < 4.78 is 1.08. The van der Waals surface area contributed by atoms with E-state index in [2.05, 4.69) is 33.0 Å². The number of aliphatic hydroxyl groups is 1. The van der Waals surface area contributed by atoms with Crippen molar-refractivity contribution in [3.05, 3.63) is 52.8 Å². The summed E-state index contributed by atoms with van der Waals surface area (Å²) in [6, 6.07) is 12.0. The van der Waals surface area contributed by atoms with Crippen molar-refractivity contribution in [2.45, 2.75) is 29.2 Å². The Bertz CT molecular complexity index is 498. The molecule has 2 rings (SSSR count). The summed E-state index contributed by atoms with van der Waals surface area (Å²) in [4.78, 5) is 6.53. The van der Waals surface area contributed by atoms with Crippen LogP contribution in [0.15, 0.2) is 56.9 Å². The van der Waals surface area contributed by atoms with Crippen LogP contribution < -0.4 is 0 Å². The van der Waals surface area contributed by atoms with E-state index in [9.17, 15) is 5.11 Å². The molecule has 1 N–H and O–H groups in total. The first-order valence-electron chi connectivity index (χ1n) is 5.76. The van der Waals surface area contributed by atoms with Crippen molar-refractivity contribution < 1.29 is 5.11 Å². The number of rotatable bonds is 4. The predicted molar refractivity (Wildman–Crippen MR) is 77.8 cm³/mol. The van der Waals surface area contributed by atoms with Crippen molar-refractivity contribution in [1.82, 2.24) is 4.98 Å². The lowest BCUT2D eigenvalue weighted by atomic mass is 10.2. The van der Waals surface area contributed by atoms with Crippen LogP contribution in [0.2, 0.25) is 0 Å². The highest BCUT2D eigenvalue weighted by atomic mass is 79.9. The van der Waals surface area contributed by atoms with Gasteiger partial charge in [0.05, 0.1) is 11.8 Å². The third-order valence-corrected chi connectivity index (χ3v) is 4.05. The van der Waals surface area contributed by atoms with Crippen LogP contribution in [-0.2, 0) is 0 Å². The van der Waals surface area contributed by atoms with Crippen LogP contribution in [0.25, 0.3) is 0 Å². The zero-order chi connectivity index (χ0) is 13.0. The van der Waals surface area contributed by atoms with E-state index in [0.29, 0.717) is 6.42 Å². The molecule has 2 nitrogen and oxygen atoms in total. The molecule has 0 bridgehead atoms. The lowest BCUT2D eigenvalue weighted by Gasteiger charge is -2.07. The summed E-state index contributed by atoms with van der Waals surface area (Å²) in [6.07, 6.45) is 2.03. The van der Waals surface area contributed by atoms with E-state index >= 15 is 0 Å². The van der Waals surface area contributed by atoms with Crippen molar-refractivity contribution in [1.29, 1.82) is 0 Å². The number of hydrogen-bond acceptors (Lipinski definition) is 3. The third kappa shape index (κ3) is 3.57. The van der Waals surface area contributed by atoms with E-state index in [1.54, 1.807) is 18.0 Å². The number of benzene rings is 1. The molecule has 0 saturated carbocycles. The molecule has 2 aromatic rings. The molecule has 0 aliphatic rings. The van der Waals surface area contributed by atoms with Crippen molar-refractivity contribution in [3.63, 3.8) is 0 Å². The number of halogens is 1. The number of aromatic nitrogens is 1. The van der Waals surface area contributed by atoms with E-state index in [1.807, 2.05) is 31.2 Å². The van der Waals surface area contributed by atoms with Gasteiger partial charge in [-0.05, 0) is 42.8 Å². The summed E-state index contributed by atoms with van der Waals surface area (Å²) in [5.74, 6) is 0. The molecule has 0 unspecified atom stereocenters. The molecule has 0 spiro atoms. The minimum atomic E-state index is -0.461. The van der Waals surface area contributed by atoms with E-state index in [-0.39, 0.29) is 0 Å². The maximum absolute atomic E-state index is 9.67. The maximum Gasteiger partial charge on any atom is 0.0957 e. The summed E-state index contributed by atoms with van der Waals surface area (Å²) in [5, 5.41) is 9.67. The van der Waals surface area contributed by atoms with E-state index in [0.717, 1.165) is 15.1 Å². The van der Waals surface area contributed by atoms with Gasteiger partial charge in [-0.15, -0.1) is 0 Å². The van der Waals surface area contributed by atoms with Gasteiger partial charge in [-0.3, -0.25) is 4.98 Å². The third-order valence-electron chi connectivity index (χ3n) is 2.54. The average Bonchev–Trinajstić information content (AvgIpc) is 2.41. The molecule has 4 heteroatoms. The Balaban J connectivity index is 2.08. The predicted octanol–water partition coefficient (Wildman–Crippen LogP) is 4.44. The van der Waals surface area contributed by atoms with Gasteiger partial charge in [0.2, 0.25) is 0 Å². The van der Waals surface area contributed by atoms with Gasteiger partial charge in [0, 0.05) is 20.5 Å². The van der Waals surface area contributed by atoms with Gasteiger partial charge in [-0.1, -0.05) is 34.6 Å². The molecular weight excluding hydrogens is 310 g/mol. The summed E-state index contributed by atoms with van der Waals surface area (Å²) in [5.41, 5.74) is 0.734. The van der Waals surface area contributed by atoms with Crippen LogP contribution in [0.3, 0.4) is 0 Å². The minimum absolute atomic E-state index is 0.461. The van der Waals surface area contributed by atoms with E-state index < -0.39 is 6.10 Å². The smallest absolute Gasteiger partial charge is 0.0957 e. The molecule has 1 aromatic heterocycles. The van der Waals surface area contributed by atoms with Crippen LogP contribution in [0.5, 0.6) is 0 Å². The first-order chi connectivity index (χ1) is 8.69. The van der Waals surface area contributed by atoms with Gasteiger partial charge in [-0.25, -0.2) is 0 Å². The Morgan fingerprint density at radius 1 is 1.17 bits per heavy atom. The van der Waals surface area contributed by atoms with Gasteiger partial charge < -0.3 is 5.11 Å². The monoisotopic (exact) mass is 323 g/mol. The fourth-order valence-electron chi connectivity index (χ4n) is 1.50. The molecular formula is C14H14BrNOS. The average molecular weight is 324 g/mol. The van der Waals surface area contributed by atoms with Gasteiger partial charge in [0.15, 0.2) is 0 Å². The zero-order valence-electron chi connectivity index (χ0n) is 10.0. The fourth-order valence-corrected chi connectivity index (χ4v) is 2.55. The minimum Gasteiger partial charge on any atom is -0.387 e. The van der Waals surface area contributed by atoms with Gasteiger partial charge in [0.25, 0.3) is 0 Å². The highest BCUT2D eigenvalue weighted by Crippen LogP contribution is 2.28. The fraction of sp³-hybridized carbons (Fsp3) is 0.214. The Morgan fingerprint density at radius 2 is 1.83 bits per heavy atom. The van der Waals surface area contributed by atoms with Crippen molar-refractivity contribution in [2.24, 2.45) is 0 Å². The van der Waals surface area contributed by atoms with Crippen LogP contribution in [-0.4, -0.2) is 10.1 Å². The summed E-state index contributed by atoms with van der Waals surface area (Å²) in [6.45, 7) is 1.94. The van der Waals surface area contributed by atoms with Crippen LogP contribution >= 0.6 is 27.7 Å². The molecule has 0 aliphatic heterocycles. The Labute approximate surface area is 120 Å². The summed E-state index contributed by atoms with van der Waals surface area (Å²) >= 11 is 5.07. The lowest BCUT2D eigenvalue weighted by molar-refractivity contribution is 0.169. The topological polar surface area (TPSA) is 33.1 Å². The molecule has 0 fully saturated rings. The standard InChI is InChI=1S/C14H14BrNOS/c1-2-14(17)13-8-7-12(9-16-13)18-11-5-3-10(15)4-6-11/h3-9,14,17H,2H2,1H3/t14-/m1/s1. The van der Waals surface area contributed by atoms with Gasteiger partial charge in [0.1, 0.15) is 0 Å². The Morgan fingerprint density at radius 3 is 2.39 bits per heavy atom. The maximum atomic E-state index is 9.67. The second kappa shape index (κ2) is 6.36. The van der Waals surface area contributed by atoms with Gasteiger partial charge in [-0.2, -0.15) is 0 Å². The van der Waals surface area contributed by atoms with Crippen LogP contribution in [0.1, 0.15) is 25.1 Å². The largest absolute Gasteiger partial charge is 0.387 e. The SMILES string of the molecule is CC[C@@H](O)c1ccc(Sc2ccc(Br)cc2)cn1. The molecule has 18 heavy (non-hydrogen) atoms. The van der Waals surface area contributed by atoms with Crippen molar-refractivity contribution in [2.75, 3.05) is 0 Å². The molecule has 1 heterocycles. The summed E-state index contributed by atoms with van der Waals surface area (Å²) in [7, 11) is 0. The molecule has 0 saturated heterocycles. The second-order valence-electron chi connectivity index (χ2n) is 3.90. The number of nitrogens with zero attached hydrogens (tertiary/aromatic N) is 1. The second-order valence-corrected chi connectivity index (χ2v) is 5.96. The highest BCUT2D eigenvalue weighted by molar-refractivity contribution is 9.10. The van der Waals surface area contributed by atoms with Gasteiger partial charge >= 0.3 is 0 Å². The lowest BCUT2D eigenvalue weighted by Crippen LogP contribution is -1.97. The molecule has 94 valence electrons. The molecule has 0 aliphatic carbocycles. The van der Waals surface area contributed by atoms with E-state index in [4.69, 9.17) is 0 Å². The molecule has 0 radical (unpaired) electrons. The molecule has 0 amide bonds. The van der Waals surface area contributed by atoms with Crippen LogP contribution in [0.4, 0.5) is 0 Å². The Kier molecular flexibility index (Phi) is 4.80. The molecule has 1 aromatic carbocycles. The first kappa shape index (κ1) is 13.6. The zero-order valence-corrected chi connectivity index (χ0v) is 12.4. The normalized spacial score (nSPS) is 12.4. The number of pyridine rings is 1. The molecule has 1 atom stereocenters. The van der Waals surface area contributed by atoms with Crippen molar-refractivity contribution >= 4 is 27.7 Å². The van der Waals surface area contributed by atoms with Crippen LogP contribution in [0, 0.1) is 0 Å². The number of aliphatic hydroxyl groups excluding tert-OH is 1. The number of hydrogen-bond donors (Lipinski definition) is 1. The first-order valence-corrected chi connectivity index (χ1v) is 7.37.